The van der Waals surface area contributed by atoms with Gasteiger partial charge in [-0.2, -0.15) is 0 Å². The Balaban J connectivity index is 1.43. The number of amides is 3. The quantitative estimate of drug-likeness (QED) is 0.248. The summed E-state index contributed by atoms with van der Waals surface area (Å²) in [6.07, 6.45) is 10.6. The lowest BCUT2D eigenvalue weighted by Gasteiger charge is -2.32. The summed E-state index contributed by atoms with van der Waals surface area (Å²) in [5.41, 5.74) is 2.88. The van der Waals surface area contributed by atoms with E-state index in [0.717, 1.165) is 66.5 Å². The second-order valence-electron chi connectivity index (χ2n) is 13.3. The Morgan fingerprint density at radius 1 is 1.07 bits per heavy atom. The van der Waals surface area contributed by atoms with Gasteiger partial charge >= 0.3 is 0 Å². The maximum atomic E-state index is 13.8. The summed E-state index contributed by atoms with van der Waals surface area (Å²) in [4.78, 5) is 46.6. The molecule has 1 aromatic carbocycles. The second kappa shape index (κ2) is 16.5. The molecule has 3 N–H and O–H groups in total. The number of hydrogen-bond acceptors (Lipinski definition) is 6. The summed E-state index contributed by atoms with van der Waals surface area (Å²) >= 11 is 1.58. The molecule has 1 aromatic heterocycles. The molecule has 0 bridgehead atoms. The monoisotopic (exact) mass is 623 g/mol. The van der Waals surface area contributed by atoms with Gasteiger partial charge in [0, 0.05) is 37.5 Å². The Bertz CT molecular complexity index is 1290. The molecule has 9 heteroatoms. The van der Waals surface area contributed by atoms with Crippen molar-refractivity contribution in [3.63, 3.8) is 0 Å². The number of rotatable bonds is 13. The molecule has 44 heavy (non-hydrogen) atoms. The minimum absolute atomic E-state index is 0.0866. The molecule has 2 atom stereocenters. The van der Waals surface area contributed by atoms with Crippen LogP contribution in [0, 0.1) is 11.8 Å². The molecule has 0 spiro atoms. The first-order valence-corrected chi connectivity index (χ1v) is 17.6. The van der Waals surface area contributed by atoms with Crippen molar-refractivity contribution >= 4 is 39.3 Å². The molecule has 242 valence electrons. The van der Waals surface area contributed by atoms with E-state index in [1.54, 1.807) is 18.3 Å². The molecule has 8 nitrogen and oxygen atoms in total. The molecular formula is C35H53N5O3S. The first-order valence-electron chi connectivity index (χ1n) is 16.8. The van der Waals surface area contributed by atoms with Crippen LogP contribution in [0.1, 0.15) is 102 Å². The van der Waals surface area contributed by atoms with Gasteiger partial charge in [-0.05, 0) is 81.1 Å². The van der Waals surface area contributed by atoms with Crippen molar-refractivity contribution in [2.45, 2.75) is 110 Å². The lowest BCUT2D eigenvalue weighted by Crippen LogP contribution is -2.55. The van der Waals surface area contributed by atoms with Crippen LogP contribution >= 0.6 is 11.3 Å². The molecule has 0 radical (unpaired) electrons. The van der Waals surface area contributed by atoms with Gasteiger partial charge in [-0.1, -0.05) is 59.1 Å². The van der Waals surface area contributed by atoms with Crippen LogP contribution in [0.25, 0.3) is 10.2 Å². The highest BCUT2D eigenvalue weighted by Gasteiger charge is 2.30. The Morgan fingerprint density at radius 2 is 1.80 bits per heavy atom. The number of aromatic nitrogens is 1. The number of likely N-dealkylation sites (tertiary alicyclic amines) is 1. The van der Waals surface area contributed by atoms with E-state index in [4.69, 9.17) is 4.98 Å². The summed E-state index contributed by atoms with van der Waals surface area (Å²) in [5.74, 6) is 1.01. The average Bonchev–Trinajstić information content (AvgIpc) is 3.44. The number of fused-ring (bicyclic) bond motifs is 1. The summed E-state index contributed by atoms with van der Waals surface area (Å²) in [6.45, 7) is 13.6. The van der Waals surface area contributed by atoms with E-state index in [1.807, 2.05) is 19.1 Å². The SMILES string of the molecule is CCC(=O)NC(Cc1nc2ccc(C(C)C)cc2s1)C(=O)NC(CNC(=O)/C(C)=C/CN1CCC(C)CC1)C1CCCCC1. The maximum Gasteiger partial charge on any atom is 0.246 e. The topological polar surface area (TPSA) is 103 Å². The van der Waals surface area contributed by atoms with Gasteiger partial charge in [0.2, 0.25) is 17.7 Å². The van der Waals surface area contributed by atoms with Gasteiger partial charge < -0.3 is 16.0 Å². The molecule has 3 amide bonds. The van der Waals surface area contributed by atoms with E-state index in [1.165, 1.54) is 24.8 Å². The van der Waals surface area contributed by atoms with Crippen LogP contribution in [0.2, 0.25) is 0 Å². The van der Waals surface area contributed by atoms with E-state index < -0.39 is 6.04 Å². The zero-order valence-electron chi connectivity index (χ0n) is 27.4. The number of benzene rings is 1. The fourth-order valence-electron chi connectivity index (χ4n) is 6.22. The Hall–Kier alpha value is -2.78. The zero-order valence-corrected chi connectivity index (χ0v) is 28.2. The van der Waals surface area contributed by atoms with Gasteiger partial charge in [-0.25, -0.2) is 4.98 Å². The van der Waals surface area contributed by atoms with Crippen molar-refractivity contribution < 1.29 is 14.4 Å². The number of piperidine rings is 1. The minimum Gasteiger partial charge on any atom is -0.350 e. The van der Waals surface area contributed by atoms with Gasteiger partial charge in [-0.3, -0.25) is 19.3 Å². The highest BCUT2D eigenvalue weighted by molar-refractivity contribution is 7.18. The molecule has 1 saturated heterocycles. The van der Waals surface area contributed by atoms with E-state index in [0.29, 0.717) is 30.9 Å². The van der Waals surface area contributed by atoms with Gasteiger partial charge in [0.15, 0.2) is 0 Å². The smallest absolute Gasteiger partial charge is 0.246 e. The van der Waals surface area contributed by atoms with Crippen LogP contribution in [-0.4, -0.2) is 65.9 Å². The van der Waals surface area contributed by atoms with Gasteiger partial charge in [0.25, 0.3) is 0 Å². The standard InChI is InChI=1S/C35H53N5O3S/c1-6-32(41)37-29(21-33-38-28-13-12-27(23(2)3)20-31(28)44-33)35(43)39-30(26-10-8-7-9-11-26)22-36-34(42)25(5)16-19-40-17-14-24(4)15-18-40/h12-13,16,20,23-24,26,29-30H,6-11,14-15,17-19,21-22H2,1-5H3,(H,36,42)(H,37,41)(H,39,43)/b25-16+. The van der Waals surface area contributed by atoms with Crippen LogP contribution in [0.5, 0.6) is 0 Å². The molecule has 2 aromatic rings. The number of hydrogen-bond donors (Lipinski definition) is 3. The third-order valence-corrected chi connectivity index (χ3v) is 10.4. The van der Waals surface area contributed by atoms with Crippen molar-refractivity contribution in [2.24, 2.45) is 11.8 Å². The fourth-order valence-corrected chi connectivity index (χ4v) is 7.28. The van der Waals surface area contributed by atoms with Crippen molar-refractivity contribution in [2.75, 3.05) is 26.2 Å². The molecule has 1 aliphatic carbocycles. The molecule has 2 fully saturated rings. The molecule has 2 unspecified atom stereocenters. The lowest BCUT2D eigenvalue weighted by atomic mass is 9.83. The van der Waals surface area contributed by atoms with Crippen LogP contribution in [0.15, 0.2) is 29.8 Å². The van der Waals surface area contributed by atoms with E-state index >= 15 is 0 Å². The van der Waals surface area contributed by atoms with Crippen molar-refractivity contribution in [1.82, 2.24) is 25.8 Å². The number of carbonyl (C=O) groups is 3. The number of carbonyl (C=O) groups excluding carboxylic acids is 3. The normalized spacial score (nSPS) is 18.7. The first kappa shape index (κ1) is 34.1. The van der Waals surface area contributed by atoms with E-state index in [9.17, 15) is 14.4 Å². The third-order valence-electron chi connectivity index (χ3n) is 9.39. The molecule has 2 heterocycles. The first-order chi connectivity index (χ1) is 21.1. The van der Waals surface area contributed by atoms with Crippen LogP contribution in [0.3, 0.4) is 0 Å². The molecular weight excluding hydrogens is 570 g/mol. The van der Waals surface area contributed by atoms with Crippen LogP contribution in [0.4, 0.5) is 0 Å². The summed E-state index contributed by atoms with van der Waals surface area (Å²) < 4.78 is 1.09. The largest absolute Gasteiger partial charge is 0.350 e. The zero-order chi connectivity index (χ0) is 31.6. The van der Waals surface area contributed by atoms with Crippen LogP contribution < -0.4 is 16.0 Å². The van der Waals surface area contributed by atoms with Crippen LogP contribution in [-0.2, 0) is 20.8 Å². The van der Waals surface area contributed by atoms with Crippen molar-refractivity contribution in [3.8, 4) is 0 Å². The maximum absolute atomic E-state index is 13.8. The van der Waals surface area contributed by atoms with E-state index in [-0.39, 0.29) is 29.7 Å². The third kappa shape index (κ3) is 9.86. The van der Waals surface area contributed by atoms with Gasteiger partial charge in [-0.15, -0.1) is 11.3 Å². The number of nitrogens with one attached hydrogen (secondary N) is 3. The molecule has 4 rings (SSSR count). The second-order valence-corrected chi connectivity index (χ2v) is 14.4. The van der Waals surface area contributed by atoms with Gasteiger partial charge in [0.1, 0.15) is 6.04 Å². The predicted molar refractivity (Wildman–Crippen MR) is 180 cm³/mol. The number of thiazole rings is 1. The van der Waals surface area contributed by atoms with Gasteiger partial charge in [0.05, 0.1) is 15.2 Å². The summed E-state index contributed by atoms with van der Waals surface area (Å²) in [5, 5.41) is 10.1. The van der Waals surface area contributed by atoms with E-state index in [2.05, 4.69) is 53.8 Å². The Labute approximate surface area is 267 Å². The highest BCUT2D eigenvalue weighted by atomic mass is 32.1. The fraction of sp³-hybridized carbons (Fsp3) is 0.657. The number of nitrogens with zero attached hydrogens (tertiary/aromatic N) is 2. The molecule has 2 aliphatic rings. The predicted octanol–water partition coefficient (Wildman–Crippen LogP) is 5.72. The van der Waals surface area contributed by atoms with Crippen molar-refractivity contribution in [1.29, 1.82) is 0 Å². The summed E-state index contributed by atoms with van der Waals surface area (Å²) in [7, 11) is 0. The minimum atomic E-state index is -0.733. The molecule has 1 aliphatic heterocycles. The Morgan fingerprint density at radius 3 is 2.48 bits per heavy atom. The summed E-state index contributed by atoms with van der Waals surface area (Å²) in [6, 6.07) is 5.38. The molecule has 1 saturated carbocycles. The Kier molecular flexibility index (Phi) is 12.8. The lowest BCUT2D eigenvalue weighted by molar-refractivity contribution is -0.129. The highest BCUT2D eigenvalue weighted by Crippen LogP contribution is 2.28. The van der Waals surface area contributed by atoms with Crippen molar-refractivity contribution in [3.05, 3.63) is 40.4 Å². The average molecular weight is 624 g/mol.